The third-order valence-corrected chi connectivity index (χ3v) is 5.11. The summed E-state index contributed by atoms with van der Waals surface area (Å²) in [5.74, 6) is 0.975. The summed E-state index contributed by atoms with van der Waals surface area (Å²) in [4.78, 5) is 12.7. The predicted octanol–water partition coefficient (Wildman–Crippen LogP) is 2.27. The van der Waals surface area contributed by atoms with E-state index >= 15 is 0 Å². The monoisotopic (exact) mass is 421 g/mol. The number of H-pyrrole nitrogens is 1. The Labute approximate surface area is 174 Å². The number of aromatic nitrogens is 6. The van der Waals surface area contributed by atoms with Crippen molar-refractivity contribution in [1.29, 1.82) is 0 Å². The number of fused-ring (bicyclic) bond motifs is 2. The van der Waals surface area contributed by atoms with Gasteiger partial charge in [0.2, 0.25) is 5.95 Å². The number of hydrogen-bond donors (Lipinski definition) is 2. The molecule has 0 saturated heterocycles. The van der Waals surface area contributed by atoms with Crippen LogP contribution in [0.25, 0.3) is 11.3 Å². The zero-order valence-electron chi connectivity index (χ0n) is 16.5. The largest absolute Gasteiger partial charge is 0.493 e. The quantitative estimate of drug-likeness (QED) is 0.454. The van der Waals surface area contributed by atoms with Crippen LogP contribution in [-0.2, 0) is 0 Å². The minimum absolute atomic E-state index is 0.261. The summed E-state index contributed by atoms with van der Waals surface area (Å²) < 4.78 is 25.9. The molecule has 0 radical (unpaired) electrons. The second-order valence-corrected chi connectivity index (χ2v) is 6.79. The molecule has 2 aromatic heterocycles. The summed E-state index contributed by atoms with van der Waals surface area (Å²) in [5, 5.41) is 21.6. The van der Waals surface area contributed by atoms with Crippen molar-refractivity contribution in [3.05, 3.63) is 69.8 Å². The van der Waals surface area contributed by atoms with Crippen molar-refractivity contribution >= 4 is 11.6 Å². The van der Waals surface area contributed by atoms with Gasteiger partial charge in [-0.1, -0.05) is 17.2 Å². The molecule has 5 rings (SSSR count). The van der Waals surface area contributed by atoms with Gasteiger partial charge in [0.25, 0.3) is 5.56 Å². The number of nitrogens with one attached hydrogen (secondary N) is 2. The number of nitrogens with zero attached hydrogens (tertiary/aromatic N) is 5. The highest BCUT2D eigenvalue weighted by molar-refractivity contribution is 5.76. The van der Waals surface area contributed by atoms with Crippen molar-refractivity contribution in [3.63, 3.8) is 0 Å². The maximum atomic E-state index is 13.6. The van der Waals surface area contributed by atoms with E-state index in [1.807, 2.05) is 0 Å². The molecule has 0 fully saturated rings. The minimum Gasteiger partial charge on any atom is -0.493 e. The van der Waals surface area contributed by atoms with Crippen LogP contribution in [0.1, 0.15) is 17.2 Å². The minimum atomic E-state index is -0.611. The molecule has 31 heavy (non-hydrogen) atoms. The molecule has 11 heteroatoms. The van der Waals surface area contributed by atoms with Gasteiger partial charge in [-0.25, -0.2) is 9.49 Å². The van der Waals surface area contributed by atoms with E-state index in [-0.39, 0.29) is 17.5 Å². The van der Waals surface area contributed by atoms with Crippen LogP contribution in [0.2, 0.25) is 0 Å². The predicted molar refractivity (Wildman–Crippen MR) is 108 cm³/mol. The van der Waals surface area contributed by atoms with Gasteiger partial charge in [-0.15, -0.1) is 0 Å². The molecule has 0 unspecified atom stereocenters. The van der Waals surface area contributed by atoms with Crippen LogP contribution in [0.3, 0.4) is 0 Å². The Morgan fingerprint density at radius 2 is 1.84 bits per heavy atom. The number of anilines is 2. The van der Waals surface area contributed by atoms with E-state index in [4.69, 9.17) is 9.47 Å². The van der Waals surface area contributed by atoms with Crippen molar-refractivity contribution < 1.29 is 13.9 Å². The average molecular weight is 421 g/mol. The van der Waals surface area contributed by atoms with Gasteiger partial charge in [-0.3, -0.25) is 4.79 Å². The van der Waals surface area contributed by atoms with Gasteiger partial charge in [0.1, 0.15) is 17.5 Å². The van der Waals surface area contributed by atoms with Gasteiger partial charge in [0.15, 0.2) is 11.5 Å². The van der Waals surface area contributed by atoms with E-state index in [0.29, 0.717) is 33.9 Å². The fraction of sp³-hybridized carbons (Fsp3) is 0.150. The first kappa shape index (κ1) is 18.7. The Bertz CT molecular complexity index is 1330. The Hall–Kier alpha value is -4.28. The second-order valence-electron chi connectivity index (χ2n) is 6.79. The first-order valence-electron chi connectivity index (χ1n) is 9.26. The summed E-state index contributed by atoms with van der Waals surface area (Å²) >= 11 is 0. The maximum absolute atomic E-state index is 13.6. The lowest BCUT2D eigenvalue weighted by atomic mass is 9.92. The Morgan fingerprint density at radius 3 is 2.58 bits per heavy atom. The zero-order chi connectivity index (χ0) is 21.5. The lowest BCUT2D eigenvalue weighted by molar-refractivity contribution is 0.355. The molecule has 1 aliphatic rings. The van der Waals surface area contributed by atoms with E-state index in [0.717, 1.165) is 0 Å². The molecule has 0 bridgehead atoms. The van der Waals surface area contributed by atoms with Crippen molar-refractivity contribution in [2.45, 2.75) is 6.04 Å². The number of methoxy groups -OCH3 is 2. The molecule has 1 aliphatic heterocycles. The van der Waals surface area contributed by atoms with Gasteiger partial charge in [-0.05, 0) is 46.3 Å². The number of rotatable bonds is 4. The lowest BCUT2D eigenvalue weighted by Crippen LogP contribution is -2.29. The Balaban J connectivity index is 1.78. The zero-order valence-corrected chi connectivity index (χ0v) is 16.5. The van der Waals surface area contributed by atoms with Crippen molar-refractivity contribution in [2.75, 3.05) is 19.5 Å². The van der Waals surface area contributed by atoms with E-state index in [2.05, 4.69) is 31.0 Å². The molecule has 0 spiro atoms. The molecule has 1 atom stereocenters. The van der Waals surface area contributed by atoms with Gasteiger partial charge in [-0.2, -0.15) is 9.78 Å². The number of tetrazole rings is 1. The summed E-state index contributed by atoms with van der Waals surface area (Å²) in [5.41, 5.74) is 2.22. The van der Waals surface area contributed by atoms with E-state index < -0.39 is 11.6 Å². The highest BCUT2D eigenvalue weighted by atomic mass is 19.1. The molecule has 2 aromatic carbocycles. The first-order valence-corrected chi connectivity index (χ1v) is 9.26. The average Bonchev–Trinajstić information content (AvgIpc) is 3.27. The highest BCUT2D eigenvalue weighted by Crippen LogP contribution is 2.42. The van der Waals surface area contributed by atoms with Crippen LogP contribution in [0.15, 0.2) is 47.3 Å². The molecule has 0 saturated carbocycles. The van der Waals surface area contributed by atoms with Crippen molar-refractivity contribution in [2.24, 2.45) is 0 Å². The van der Waals surface area contributed by atoms with Gasteiger partial charge < -0.3 is 14.8 Å². The first-order chi connectivity index (χ1) is 15.1. The lowest BCUT2D eigenvalue weighted by Gasteiger charge is -2.27. The van der Waals surface area contributed by atoms with Crippen LogP contribution < -0.4 is 20.3 Å². The Morgan fingerprint density at radius 1 is 1.06 bits per heavy atom. The number of halogens is 1. The van der Waals surface area contributed by atoms with Crippen LogP contribution in [-0.4, -0.2) is 44.6 Å². The van der Waals surface area contributed by atoms with Crippen molar-refractivity contribution in [1.82, 2.24) is 30.4 Å². The van der Waals surface area contributed by atoms with Gasteiger partial charge >= 0.3 is 0 Å². The molecular formula is C20H16FN7O3. The molecule has 0 amide bonds. The van der Waals surface area contributed by atoms with Crippen molar-refractivity contribution in [3.8, 4) is 22.8 Å². The van der Waals surface area contributed by atoms with E-state index in [1.165, 1.54) is 23.9 Å². The topological polar surface area (TPSA) is 120 Å². The molecule has 2 N–H and O–H groups in total. The van der Waals surface area contributed by atoms with Crippen LogP contribution in [0, 0.1) is 5.82 Å². The molecule has 156 valence electrons. The van der Waals surface area contributed by atoms with E-state index in [9.17, 15) is 9.18 Å². The third-order valence-electron chi connectivity index (χ3n) is 5.11. The maximum Gasteiger partial charge on any atom is 0.288 e. The van der Waals surface area contributed by atoms with Crippen LogP contribution in [0.4, 0.5) is 16.0 Å². The number of benzene rings is 2. The summed E-state index contributed by atoms with van der Waals surface area (Å²) in [6.07, 6.45) is 0. The fourth-order valence-electron chi connectivity index (χ4n) is 3.69. The summed E-state index contributed by atoms with van der Waals surface area (Å²) in [7, 11) is 3.08. The number of hydrogen-bond acceptors (Lipinski definition) is 8. The van der Waals surface area contributed by atoms with Gasteiger partial charge in [0, 0.05) is 11.1 Å². The standard InChI is InChI=1S/C20H16FN7O3/c1-30-13-8-5-11(9-14(13)31-2)16-15-17(19(29)24-23-16)22-20-25-26-27-28(20)18(15)10-3-6-12(21)7-4-10/h3-9,18H,1-2H3,(H,24,29)(H,22,25,27)/t18-/m1/s1. The second kappa shape index (κ2) is 7.20. The molecule has 3 heterocycles. The number of aromatic amines is 1. The SMILES string of the molecule is COc1ccc(-c2n[nH]c(=O)c3c2[C@@H](c2ccc(F)cc2)n2nnnc2N3)cc1OC. The normalized spacial score (nSPS) is 14.4. The Kier molecular flexibility index (Phi) is 4.35. The van der Waals surface area contributed by atoms with Crippen LogP contribution in [0.5, 0.6) is 11.5 Å². The summed E-state index contributed by atoms with van der Waals surface area (Å²) in [6.45, 7) is 0. The molecule has 0 aliphatic carbocycles. The fourth-order valence-corrected chi connectivity index (χ4v) is 3.69. The smallest absolute Gasteiger partial charge is 0.288 e. The van der Waals surface area contributed by atoms with E-state index in [1.54, 1.807) is 37.4 Å². The molecule has 4 aromatic rings. The number of ether oxygens (including phenoxy) is 2. The van der Waals surface area contributed by atoms with Crippen LogP contribution >= 0.6 is 0 Å². The third kappa shape index (κ3) is 2.98. The molecular weight excluding hydrogens is 405 g/mol. The summed E-state index contributed by atoms with van der Waals surface area (Å²) in [6, 6.07) is 10.6. The highest BCUT2D eigenvalue weighted by Gasteiger charge is 2.34. The molecule has 10 nitrogen and oxygen atoms in total. The van der Waals surface area contributed by atoms with Gasteiger partial charge in [0.05, 0.1) is 19.9 Å².